The minimum absolute atomic E-state index is 0.285. The zero-order valence-electron chi connectivity index (χ0n) is 9.19. The molecule has 2 atom stereocenters. The Hall–Kier alpha value is -1.23. The number of fused-ring (bicyclic) bond motifs is 3. The zero-order valence-corrected chi connectivity index (χ0v) is 10.8. The third-order valence-electron chi connectivity index (χ3n) is 3.66. The molecule has 0 spiro atoms. The van der Waals surface area contributed by atoms with Crippen molar-refractivity contribution in [3.05, 3.63) is 28.2 Å². The number of benzene rings is 1. The number of likely N-dealkylation sites (tertiary alicyclic amines) is 1. The van der Waals surface area contributed by atoms with Crippen molar-refractivity contribution in [3.63, 3.8) is 0 Å². The molecular weight excluding hydrogens is 284 g/mol. The molecule has 2 heterocycles. The maximum absolute atomic E-state index is 11.0. The van der Waals surface area contributed by atoms with Crippen molar-refractivity contribution in [2.45, 2.75) is 18.4 Å². The first-order chi connectivity index (χ1) is 8.16. The van der Waals surface area contributed by atoms with Crippen molar-refractivity contribution in [3.8, 4) is 0 Å². The Morgan fingerprint density at radius 2 is 2.35 bits per heavy atom. The van der Waals surface area contributed by atoms with Gasteiger partial charge < -0.3 is 15.3 Å². The Morgan fingerprint density at radius 3 is 3.12 bits per heavy atom. The van der Waals surface area contributed by atoms with E-state index < -0.39 is 6.09 Å². The van der Waals surface area contributed by atoms with Gasteiger partial charge in [-0.25, -0.2) is 4.79 Å². The molecule has 1 fully saturated rings. The quantitative estimate of drug-likeness (QED) is 0.774. The van der Waals surface area contributed by atoms with Crippen LogP contribution in [0.4, 0.5) is 10.5 Å². The molecule has 0 aliphatic carbocycles. The predicted molar refractivity (Wildman–Crippen MR) is 68.5 cm³/mol. The van der Waals surface area contributed by atoms with E-state index in [1.807, 2.05) is 12.1 Å². The SMILES string of the molecule is O=C(O)N1CCC2Nc3c(Br)cccc3C2C1. The molecule has 0 aromatic heterocycles. The van der Waals surface area contributed by atoms with Crippen LogP contribution in [0, 0.1) is 0 Å². The minimum atomic E-state index is -0.813. The van der Waals surface area contributed by atoms with Gasteiger partial charge in [-0.15, -0.1) is 0 Å². The molecule has 1 amide bonds. The molecule has 3 rings (SSSR count). The molecule has 2 N–H and O–H groups in total. The van der Waals surface area contributed by atoms with E-state index in [4.69, 9.17) is 5.11 Å². The van der Waals surface area contributed by atoms with Crippen molar-refractivity contribution in [2.24, 2.45) is 0 Å². The summed E-state index contributed by atoms with van der Waals surface area (Å²) in [6, 6.07) is 6.48. The van der Waals surface area contributed by atoms with Crippen LogP contribution in [0.1, 0.15) is 17.9 Å². The van der Waals surface area contributed by atoms with Gasteiger partial charge in [-0.2, -0.15) is 0 Å². The molecular formula is C12H13BrN2O2. The lowest BCUT2D eigenvalue weighted by Gasteiger charge is -2.33. The monoisotopic (exact) mass is 296 g/mol. The predicted octanol–water partition coefficient (Wildman–Crippen LogP) is 2.71. The summed E-state index contributed by atoms with van der Waals surface area (Å²) in [4.78, 5) is 12.5. The molecule has 0 bridgehead atoms. The van der Waals surface area contributed by atoms with Gasteiger partial charge in [0.05, 0.1) is 5.69 Å². The van der Waals surface area contributed by atoms with Gasteiger partial charge in [0.1, 0.15) is 0 Å². The third-order valence-corrected chi connectivity index (χ3v) is 4.32. The Bertz CT molecular complexity index is 478. The second-order valence-corrected chi connectivity index (χ2v) is 5.43. The minimum Gasteiger partial charge on any atom is -0.465 e. The van der Waals surface area contributed by atoms with Crippen molar-refractivity contribution in [2.75, 3.05) is 18.4 Å². The summed E-state index contributed by atoms with van der Waals surface area (Å²) in [5, 5.41) is 12.6. The molecule has 1 aromatic carbocycles. The van der Waals surface area contributed by atoms with Gasteiger partial charge in [-0.05, 0) is 34.0 Å². The molecule has 0 saturated carbocycles. The van der Waals surface area contributed by atoms with E-state index in [9.17, 15) is 4.79 Å². The summed E-state index contributed by atoms with van der Waals surface area (Å²) < 4.78 is 1.06. The number of hydrogen-bond donors (Lipinski definition) is 2. The van der Waals surface area contributed by atoms with E-state index in [1.54, 1.807) is 0 Å². The van der Waals surface area contributed by atoms with Gasteiger partial charge in [0.2, 0.25) is 0 Å². The summed E-state index contributed by atoms with van der Waals surface area (Å²) >= 11 is 3.53. The summed E-state index contributed by atoms with van der Waals surface area (Å²) in [7, 11) is 0. The average molecular weight is 297 g/mol. The van der Waals surface area contributed by atoms with Crippen molar-refractivity contribution in [1.29, 1.82) is 0 Å². The molecule has 2 aliphatic rings. The number of piperidine rings is 1. The van der Waals surface area contributed by atoms with Crippen LogP contribution >= 0.6 is 15.9 Å². The van der Waals surface area contributed by atoms with E-state index in [1.165, 1.54) is 10.5 Å². The van der Waals surface area contributed by atoms with Crippen LogP contribution in [0.15, 0.2) is 22.7 Å². The van der Waals surface area contributed by atoms with Crippen molar-refractivity contribution in [1.82, 2.24) is 4.90 Å². The molecule has 1 aromatic rings. The molecule has 1 saturated heterocycles. The Balaban J connectivity index is 1.93. The second-order valence-electron chi connectivity index (χ2n) is 4.58. The van der Waals surface area contributed by atoms with E-state index >= 15 is 0 Å². The van der Waals surface area contributed by atoms with Gasteiger partial charge >= 0.3 is 6.09 Å². The smallest absolute Gasteiger partial charge is 0.407 e. The normalized spacial score (nSPS) is 26.1. The number of nitrogens with one attached hydrogen (secondary N) is 1. The average Bonchev–Trinajstić information content (AvgIpc) is 2.68. The molecule has 0 radical (unpaired) electrons. The standard InChI is InChI=1S/C12H13BrN2O2/c13-9-3-1-2-7-8-6-15(12(16)17)5-4-10(8)14-11(7)9/h1-3,8,10,14H,4-6H2,(H,16,17). The van der Waals surface area contributed by atoms with Gasteiger partial charge in [-0.3, -0.25) is 0 Å². The lowest BCUT2D eigenvalue weighted by molar-refractivity contribution is 0.129. The van der Waals surface area contributed by atoms with Crippen molar-refractivity contribution >= 4 is 27.7 Å². The fourth-order valence-electron chi connectivity index (χ4n) is 2.80. The second kappa shape index (κ2) is 3.91. The number of para-hydroxylation sites is 1. The number of anilines is 1. The Labute approximate surface area is 108 Å². The fraction of sp³-hybridized carbons (Fsp3) is 0.417. The summed E-state index contributed by atoms with van der Waals surface area (Å²) in [5.74, 6) is 0.285. The number of carboxylic acid groups (broad SMARTS) is 1. The lowest BCUT2D eigenvalue weighted by atomic mass is 9.90. The largest absolute Gasteiger partial charge is 0.465 e. The van der Waals surface area contributed by atoms with Gasteiger partial charge in [0.25, 0.3) is 0 Å². The maximum Gasteiger partial charge on any atom is 0.407 e. The highest BCUT2D eigenvalue weighted by atomic mass is 79.9. The lowest BCUT2D eigenvalue weighted by Crippen LogP contribution is -2.44. The van der Waals surface area contributed by atoms with Gasteiger partial charge in [-0.1, -0.05) is 12.1 Å². The molecule has 5 heteroatoms. The van der Waals surface area contributed by atoms with Gasteiger partial charge in [0, 0.05) is 29.5 Å². The molecule has 90 valence electrons. The highest BCUT2D eigenvalue weighted by Gasteiger charge is 2.38. The van der Waals surface area contributed by atoms with E-state index in [2.05, 4.69) is 27.3 Å². The van der Waals surface area contributed by atoms with Crippen LogP contribution in [-0.2, 0) is 0 Å². The fourth-order valence-corrected chi connectivity index (χ4v) is 3.30. The highest BCUT2D eigenvalue weighted by Crippen LogP contribution is 2.43. The Kier molecular flexibility index (Phi) is 2.50. The van der Waals surface area contributed by atoms with Crippen LogP contribution < -0.4 is 5.32 Å². The first-order valence-corrected chi connectivity index (χ1v) is 6.49. The summed E-state index contributed by atoms with van der Waals surface area (Å²) in [5.41, 5.74) is 2.37. The summed E-state index contributed by atoms with van der Waals surface area (Å²) in [6.45, 7) is 1.21. The topological polar surface area (TPSA) is 52.6 Å². The molecule has 17 heavy (non-hydrogen) atoms. The Morgan fingerprint density at radius 1 is 1.53 bits per heavy atom. The zero-order chi connectivity index (χ0) is 12.0. The molecule has 4 nitrogen and oxygen atoms in total. The first kappa shape index (κ1) is 10.9. The maximum atomic E-state index is 11.0. The van der Waals surface area contributed by atoms with E-state index in [0.29, 0.717) is 19.1 Å². The number of hydrogen-bond acceptors (Lipinski definition) is 2. The van der Waals surface area contributed by atoms with Crippen LogP contribution in [0.25, 0.3) is 0 Å². The number of carbonyl (C=O) groups is 1. The third kappa shape index (κ3) is 1.69. The number of amides is 1. The number of nitrogens with zero attached hydrogens (tertiary/aromatic N) is 1. The van der Waals surface area contributed by atoms with E-state index in [0.717, 1.165) is 16.6 Å². The number of rotatable bonds is 0. The van der Waals surface area contributed by atoms with Crippen LogP contribution in [0.2, 0.25) is 0 Å². The van der Waals surface area contributed by atoms with Crippen LogP contribution in [0.3, 0.4) is 0 Å². The van der Waals surface area contributed by atoms with Crippen LogP contribution in [0.5, 0.6) is 0 Å². The van der Waals surface area contributed by atoms with Gasteiger partial charge in [0.15, 0.2) is 0 Å². The molecule has 2 unspecified atom stereocenters. The van der Waals surface area contributed by atoms with Crippen LogP contribution in [-0.4, -0.2) is 35.2 Å². The highest BCUT2D eigenvalue weighted by molar-refractivity contribution is 9.10. The summed E-state index contributed by atoms with van der Waals surface area (Å²) in [6.07, 6.45) is 0.0600. The molecule has 2 aliphatic heterocycles. The number of halogens is 1. The van der Waals surface area contributed by atoms with Crippen molar-refractivity contribution < 1.29 is 9.90 Å². The first-order valence-electron chi connectivity index (χ1n) is 5.69. The van der Waals surface area contributed by atoms with E-state index in [-0.39, 0.29) is 5.92 Å².